The van der Waals surface area contributed by atoms with Crippen LogP contribution >= 0.6 is 11.6 Å². The first-order chi connectivity index (χ1) is 11.5. The smallest absolute Gasteiger partial charge is 0.243 e. The van der Waals surface area contributed by atoms with Crippen molar-refractivity contribution in [1.29, 1.82) is 0 Å². The number of pyridine rings is 1. The first-order valence-corrected chi connectivity index (χ1v) is 9.32. The van der Waals surface area contributed by atoms with Gasteiger partial charge in [-0.1, -0.05) is 11.6 Å². The van der Waals surface area contributed by atoms with Gasteiger partial charge in [0.1, 0.15) is 11.9 Å². The van der Waals surface area contributed by atoms with Crippen molar-refractivity contribution < 1.29 is 17.9 Å². The molecule has 24 heavy (non-hydrogen) atoms. The minimum absolute atomic E-state index is 0.212. The van der Waals surface area contributed by atoms with Crippen LogP contribution in [0.1, 0.15) is 6.92 Å². The SMILES string of the molecule is CCOc1ccc(S(=O)(=O)N2CC(Oc3ccc(Cl)cn3)C2)cc1. The molecule has 1 aliphatic heterocycles. The maximum Gasteiger partial charge on any atom is 0.243 e. The fourth-order valence-corrected chi connectivity index (χ4v) is 3.91. The van der Waals surface area contributed by atoms with Gasteiger partial charge in [-0.25, -0.2) is 13.4 Å². The van der Waals surface area contributed by atoms with Crippen LogP contribution in [0.25, 0.3) is 0 Å². The number of nitrogens with zero attached hydrogens (tertiary/aromatic N) is 2. The fraction of sp³-hybridized carbons (Fsp3) is 0.312. The first-order valence-electron chi connectivity index (χ1n) is 7.50. The van der Waals surface area contributed by atoms with Gasteiger partial charge < -0.3 is 9.47 Å². The molecular formula is C16H17ClN2O4S. The van der Waals surface area contributed by atoms with Crippen LogP contribution in [0.4, 0.5) is 0 Å². The zero-order chi connectivity index (χ0) is 17.2. The van der Waals surface area contributed by atoms with E-state index in [1.807, 2.05) is 6.92 Å². The Labute approximate surface area is 146 Å². The van der Waals surface area contributed by atoms with E-state index in [0.29, 0.717) is 36.3 Å². The van der Waals surface area contributed by atoms with Crippen molar-refractivity contribution in [2.45, 2.75) is 17.9 Å². The summed E-state index contributed by atoms with van der Waals surface area (Å²) in [6, 6.07) is 9.75. The molecule has 0 bridgehead atoms. The molecule has 0 radical (unpaired) electrons. The maximum absolute atomic E-state index is 12.5. The number of sulfonamides is 1. The summed E-state index contributed by atoms with van der Waals surface area (Å²) in [5, 5.41) is 0.524. The molecule has 128 valence electrons. The number of rotatable bonds is 6. The molecular weight excluding hydrogens is 352 g/mol. The van der Waals surface area contributed by atoms with Crippen molar-refractivity contribution in [2.75, 3.05) is 19.7 Å². The predicted molar refractivity (Wildman–Crippen MR) is 90.0 cm³/mol. The molecule has 0 unspecified atom stereocenters. The highest BCUT2D eigenvalue weighted by Crippen LogP contribution is 2.25. The third kappa shape index (κ3) is 3.63. The zero-order valence-corrected chi connectivity index (χ0v) is 14.6. The Balaban J connectivity index is 1.60. The molecule has 0 aliphatic carbocycles. The summed E-state index contributed by atoms with van der Waals surface area (Å²) in [5.74, 6) is 1.08. The van der Waals surface area contributed by atoms with Gasteiger partial charge in [0.15, 0.2) is 0 Å². The summed E-state index contributed by atoms with van der Waals surface area (Å²) >= 11 is 5.76. The lowest BCUT2D eigenvalue weighted by molar-refractivity contribution is 0.0721. The molecule has 2 aromatic rings. The minimum Gasteiger partial charge on any atom is -0.494 e. The van der Waals surface area contributed by atoms with Crippen LogP contribution in [0, 0.1) is 0 Å². The van der Waals surface area contributed by atoms with Gasteiger partial charge in [-0.15, -0.1) is 0 Å². The molecule has 0 N–H and O–H groups in total. The van der Waals surface area contributed by atoms with Crippen molar-refractivity contribution in [1.82, 2.24) is 9.29 Å². The lowest BCUT2D eigenvalue weighted by atomic mass is 10.2. The summed E-state index contributed by atoms with van der Waals surface area (Å²) in [6.07, 6.45) is 1.28. The number of aromatic nitrogens is 1. The molecule has 0 spiro atoms. The largest absolute Gasteiger partial charge is 0.494 e. The average molecular weight is 369 g/mol. The molecule has 1 aromatic heterocycles. The molecule has 0 amide bonds. The average Bonchev–Trinajstić information content (AvgIpc) is 2.53. The number of hydrogen-bond acceptors (Lipinski definition) is 5. The van der Waals surface area contributed by atoms with Crippen LogP contribution in [-0.4, -0.2) is 43.5 Å². The summed E-state index contributed by atoms with van der Waals surface area (Å²) in [4.78, 5) is 4.28. The molecule has 0 atom stereocenters. The van der Waals surface area contributed by atoms with Crippen molar-refractivity contribution >= 4 is 21.6 Å². The number of hydrogen-bond donors (Lipinski definition) is 0. The Bertz CT molecular complexity index is 788. The molecule has 6 nitrogen and oxygen atoms in total. The van der Waals surface area contributed by atoms with E-state index in [2.05, 4.69) is 4.98 Å². The van der Waals surface area contributed by atoms with Crippen LogP contribution in [0.15, 0.2) is 47.5 Å². The van der Waals surface area contributed by atoms with Gasteiger partial charge in [-0.2, -0.15) is 4.31 Å². The highest BCUT2D eigenvalue weighted by Gasteiger charge is 2.38. The Hall–Kier alpha value is -1.83. The number of halogens is 1. The highest BCUT2D eigenvalue weighted by atomic mass is 35.5. The van der Waals surface area contributed by atoms with Crippen LogP contribution in [0.5, 0.6) is 11.6 Å². The Morgan fingerprint density at radius 1 is 1.21 bits per heavy atom. The molecule has 0 saturated carbocycles. The van der Waals surface area contributed by atoms with Gasteiger partial charge >= 0.3 is 0 Å². The lowest BCUT2D eigenvalue weighted by Crippen LogP contribution is -2.56. The van der Waals surface area contributed by atoms with E-state index in [1.165, 1.54) is 10.5 Å². The Morgan fingerprint density at radius 2 is 1.92 bits per heavy atom. The molecule has 2 heterocycles. The summed E-state index contributed by atoms with van der Waals surface area (Å²) in [5.41, 5.74) is 0. The van der Waals surface area contributed by atoms with Crippen molar-refractivity contribution in [2.24, 2.45) is 0 Å². The van der Waals surface area contributed by atoms with E-state index in [-0.39, 0.29) is 11.0 Å². The lowest BCUT2D eigenvalue weighted by Gasteiger charge is -2.37. The van der Waals surface area contributed by atoms with Gasteiger partial charge in [0.05, 0.1) is 29.6 Å². The van der Waals surface area contributed by atoms with Crippen molar-refractivity contribution in [3.05, 3.63) is 47.6 Å². The fourth-order valence-electron chi connectivity index (χ4n) is 2.30. The van der Waals surface area contributed by atoms with Crippen molar-refractivity contribution in [3.63, 3.8) is 0 Å². The van der Waals surface area contributed by atoms with Gasteiger partial charge in [-0.05, 0) is 37.3 Å². The molecule has 8 heteroatoms. The van der Waals surface area contributed by atoms with Gasteiger partial charge in [0, 0.05) is 12.3 Å². The normalized spacial score (nSPS) is 15.8. The Morgan fingerprint density at radius 3 is 2.50 bits per heavy atom. The monoisotopic (exact) mass is 368 g/mol. The minimum atomic E-state index is -3.51. The number of benzene rings is 1. The van der Waals surface area contributed by atoms with Crippen LogP contribution in [-0.2, 0) is 10.0 Å². The summed E-state index contributed by atoms with van der Waals surface area (Å²) in [7, 11) is -3.51. The van der Waals surface area contributed by atoms with Crippen LogP contribution in [0.3, 0.4) is 0 Å². The second-order valence-electron chi connectivity index (χ2n) is 5.28. The zero-order valence-electron chi connectivity index (χ0n) is 13.1. The van der Waals surface area contributed by atoms with E-state index < -0.39 is 10.0 Å². The third-order valence-electron chi connectivity index (χ3n) is 3.57. The maximum atomic E-state index is 12.5. The summed E-state index contributed by atoms with van der Waals surface area (Å²) in [6.45, 7) is 3.00. The van der Waals surface area contributed by atoms with Crippen molar-refractivity contribution in [3.8, 4) is 11.6 Å². The van der Waals surface area contributed by atoms with Crippen LogP contribution in [0.2, 0.25) is 5.02 Å². The standard InChI is InChI=1S/C16H17ClN2O4S/c1-2-22-13-4-6-15(7-5-13)24(20,21)19-10-14(11-19)23-16-8-3-12(17)9-18-16/h3-9,14H,2,10-11H2,1H3. The summed E-state index contributed by atoms with van der Waals surface area (Å²) < 4.78 is 37.4. The van der Waals surface area contributed by atoms with Gasteiger partial charge in [0.2, 0.25) is 15.9 Å². The second kappa shape index (κ2) is 6.96. The Kier molecular flexibility index (Phi) is 4.93. The molecule has 3 rings (SSSR count). The van der Waals surface area contributed by atoms with E-state index >= 15 is 0 Å². The predicted octanol–water partition coefficient (Wildman–Crippen LogP) is 2.59. The first kappa shape index (κ1) is 17.0. The molecule has 1 fully saturated rings. The topological polar surface area (TPSA) is 68.7 Å². The van der Waals surface area contributed by atoms with E-state index in [1.54, 1.807) is 36.4 Å². The highest BCUT2D eigenvalue weighted by molar-refractivity contribution is 7.89. The van der Waals surface area contributed by atoms with Gasteiger partial charge in [-0.3, -0.25) is 0 Å². The van der Waals surface area contributed by atoms with E-state index in [9.17, 15) is 8.42 Å². The van der Waals surface area contributed by atoms with Crippen LogP contribution < -0.4 is 9.47 Å². The second-order valence-corrected chi connectivity index (χ2v) is 7.66. The van der Waals surface area contributed by atoms with E-state index in [0.717, 1.165) is 0 Å². The molecule has 1 saturated heterocycles. The third-order valence-corrected chi connectivity index (χ3v) is 5.64. The number of ether oxygens (including phenoxy) is 2. The molecule has 1 aliphatic rings. The quantitative estimate of drug-likeness (QED) is 0.783. The molecule has 1 aromatic carbocycles. The van der Waals surface area contributed by atoms with E-state index in [4.69, 9.17) is 21.1 Å². The van der Waals surface area contributed by atoms with Gasteiger partial charge in [0.25, 0.3) is 0 Å².